The van der Waals surface area contributed by atoms with E-state index in [-0.39, 0.29) is 23.2 Å². The smallest absolute Gasteiger partial charge is 0.226 e. The van der Waals surface area contributed by atoms with Crippen LogP contribution in [0.3, 0.4) is 0 Å². The van der Waals surface area contributed by atoms with Crippen molar-refractivity contribution >= 4 is 5.91 Å². The van der Waals surface area contributed by atoms with Gasteiger partial charge in [-0.2, -0.15) is 5.10 Å². The zero-order valence-corrected chi connectivity index (χ0v) is 17.4. The molecule has 4 atom stereocenters. The zero-order chi connectivity index (χ0) is 20.7. The number of fused-ring (bicyclic) bond motifs is 4. The van der Waals surface area contributed by atoms with Crippen molar-refractivity contribution in [3.63, 3.8) is 0 Å². The van der Waals surface area contributed by atoms with Crippen molar-refractivity contribution in [3.8, 4) is 0 Å². The lowest BCUT2D eigenvalue weighted by molar-refractivity contribution is -0.131. The molecule has 160 valence electrons. The predicted octanol–water partition coefficient (Wildman–Crippen LogP) is 2.48. The quantitative estimate of drug-likeness (QED) is 0.820. The first-order chi connectivity index (χ1) is 14.6. The highest BCUT2D eigenvalue weighted by Gasteiger charge is 2.52. The van der Waals surface area contributed by atoms with E-state index < -0.39 is 0 Å². The molecule has 2 bridgehead atoms. The van der Waals surface area contributed by atoms with Crippen LogP contribution in [0.15, 0.2) is 36.7 Å². The minimum absolute atomic E-state index is 0.0555. The van der Waals surface area contributed by atoms with Gasteiger partial charge < -0.3 is 10.1 Å². The summed E-state index contributed by atoms with van der Waals surface area (Å²) in [5, 5.41) is 7.11. The van der Waals surface area contributed by atoms with Gasteiger partial charge in [0.05, 0.1) is 24.7 Å². The number of carbonyl (C=O) groups is 1. The third-order valence-corrected chi connectivity index (χ3v) is 7.22. The average Bonchev–Trinajstić information content (AvgIpc) is 3.33. The molecule has 2 saturated heterocycles. The van der Waals surface area contributed by atoms with E-state index in [2.05, 4.69) is 15.3 Å². The number of nitrogens with one attached hydrogen (secondary N) is 1. The van der Waals surface area contributed by atoms with Crippen molar-refractivity contribution in [2.45, 2.75) is 56.3 Å². The Morgan fingerprint density at radius 3 is 2.83 bits per heavy atom. The predicted molar refractivity (Wildman–Crippen MR) is 110 cm³/mol. The monoisotopic (exact) mass is 412 g/mol. The second kappa shape index (κ2) is 7.78. The number of nitrogens with zero attached hydrogens (tertiary/aromatic N) is 3. The lowest BCUT2D eigenvalue weighted by Crippen LogP contribution is -2.54. The Labute approximate surface area is 176 Å². The lowest BCUT2D eigenvalue weighted by atomic mass is 9.76. The summed E-state index contributed by atoms with van der Waals surface area (Å²) >= 11 is 0. The molecule has 2 unspecified atom stereocenters. The minimum atomic E-state index is -0.311. The van der Waals surface area contributed by atoms with E-state index in [1.807, 2.05) is 23.0 Å². The number of ether oxygens (including phenoxy) is 1. The first-order valence-corrected chi connectivity index (χ1v) is 11.0. The number of amides is 1. The normalized spacial score (nSPS) is 29.0. The van der Waals surface area contributed by atoms with Crippen molar-refractivity contribution in [1.82, 2.24) is 20.0 Å². The highest BCUT2D eigenvalue weighted by Crippen LogP contribution is 2.50. The Morgan fingerprint density at radius 1 is 1.33 bits per heavy atom. The van der Waals surface area contributed by atoms with Gasteiger partial charge in [-0.05, 0) is 61.4 Å². The Balaban J connectivity index is 1.37. The van der Waals surface area contributed by atoms with Crippen molar-refractivity contribution in [1.29, 1.82) is 0 Å². The number of benzene rings is 1. The first-order valence-electron chi connectivity index (χ1n) is 11.0. The lowest BCUT2D eigenvalue weighted by Gasteiger charge is -2.49. The molecule has 6 nitrogen and oxygen atoms in total. The number of carbonyl (C=O) groups excluding carboxylic acids is 1. The molecule has 1 aromatic heterocycles. The number of piperidine rings is 1. The molecule has 1 amide bonds. The van der Waals surface area contributed by atoms with Gasteiger partial charge in [-0.3, -0.25) is 14.4 Å². The van der Waals surface area contributed by atoms with E-state index >= 15 is 0 Å². The molecule has 2 aromatic rings. The standard InChI is InChI=1S/C23H29FN4O2/c1-25-22(29)17(14-27-9-2-8-26-27)15-28-19-4-5-20(28)13-23(12-19)21-6-3-18(24)11-16(21)7-10-30-23/h2-3,6,8-9,11,17,19-20H,4-5,7,10,12-15H2,1H3,(H,25,29)/t17?,19-,20+,23?. The molecule has 0 radical (unpaired) electrons. The number of hydrogen-bond donors (Lipinski definition) is 1. The number of halogens is 1. The molecule has 30 heavy (non-hydrogen) atoms. The summed E-state index contributed by atoms with van der Waals surface area (Å²) in [6.45, 7) is 1.95. The Kier molecular flexibility index (Phi) is 5.11. The third kappa shape index (κ3) is 3.44. The molecule has 5 rings (SSSR count). The topological polar surface area (TPSA) is 59.4 Å². The highest BCUT2D eigenvalue weighted by molar-refractivity contribution is 5.78. The van der Waals surface area contributed by atoms with Crippen molar-refractivity contribution in [3.05, 3.63) is 53.6 Å². The van der Waals surface area contributed by atoms with Gasteiger partial charge in [0.25, 0.3) is 0 Å². The van der Waals surface area contributed by atoms with Gasteiger partial charge >= 0.3 is 0 Å². The minimum Gasteiger partial charge on any atom is -0.370 e. The summed E-state index contributed by atoms with van der Waals surface area (Å²) < 4.78 is 22.0. The van der Waals surface area contributed by atoms with E-state index in [1.54, 1.807) is 25.4 Å². The Morgan fingerprint density at radius 2 is 2.13 bits per heavy atom. The van der Waals surface area contributed by atoms with Crippen LogP contribution >= 0.6 is 0 Å². The Hall–Kier alpha value is -2.25. The molecule has 3 aliphatic heterocycles. The van der Waals surface area contributed by atoms with Crippen LogP contribution in [-0.4, -0.2) is 52.9 Å². The van der Waals surface area contributed by atoms with E-state index in [0.29, 0.717) is 25.2 Å². The van der Waals surface area contributed by atoms with Crippen molar-refractivity contribution in [2.75, 3.05) is 20.2 Å². The van der Waals surface area contributed by atoms with E-state index in [4.69, 9.17) is 4.74 Å². The summed E-state index contributed by atoms with van der Waals surface area (Å²) in [4.78, 5) is 15.1. The van der Waals surface area contributed by atoms with Crippen molar-refractivity contribution in [2.24, 2.45) is 5.92 Å². The highest BCUT2D eigenvalue weighted by atomic mass is 19.1. The fraction of sp³-hybridized carbons (Fsp3) is 0.565. The van der Waals surface area contributed by atoms with Crippen molar-refractivity contribution < 1.29 is 13.9 Å². The summed E-state index contributed by atoms with van der Waals surface area (Å²) in [5.74, 6) is -0.265. The summed E-state index contributed by atoms with van der Waals surface area (Å²) in [5.41, 5.74) is 1.95. The van der Waals surface area contributed by atoms with Gasteiger partial charge in [-0.25, -0.2) is 4.39 Å². The van der Waals surface area contributed by atoms with Gasteiger partial charge in [0.1, 0.15) is 5.82 Å². The first kappa shape index (κ1) is 19.7. The maximum absolute atomic E-state index is 13.8. The molecule has 4 heterocycles. The largest absolute Gasteiger partial charge is 0.370 e. The maximum atomic E-state index is 13.8. The Bertz CT molecular complexity index is 902. The molecular weight excluding hydrogens is 383 g/mol. The number of hydrogen-bond acceptors (Lipinski definition) is 4. The van der Waals surface area contributed by atoms with Crippen LogP contribution in [0, 0.1) is 11.7 Å². The third-order valence-electron chi connectivity index (χ3n) is 7.22. The fourth-order valence-corrected chi connectivity index (χ4v) is 5.90. The summed E-state index contributed by atoms with van der Waals surface area (Å²) in [6.07, 6.45) is 8.48. The van der Waals surface area contributed by atoms with E-state index in [0.717, 1.165) is 44.2 Å². The van der Waals surface area contributed by atoms with Gasteiger partial charge in [0.2, 0.25) is 5.91 Å². The van der Waals surface area contributed by atoms with Gasteiger partial charge in [0, 0.05) is 38.1 Å². The average molecular weight is 413 g/mol. The molecule has 0 aliphatic carbocycles. The summed E-state index contributed by atoms with van der Waals surface area (Å²) in [6, 6.07) is 7.82. The molecule has 1 aromatic carbocycles. The fourth-order valence-electron chi connectivity index (χ4n) is 5.90. The molecular formula is C23H29FN4O2. The molecule has 0 saturated carbocycles. The zero-order valence-electron chi connectivity index (χ0n) is 17.4. The SMILES string of the molecule is CNC(=O)C(CN1[C@@H]2CC[C@H]1CC1(C2)OCCc2cc(F)ccc21)Cn1cccn1. The molecule has 2 fully saturated rings. The van der Waals surface area contributed by atoms with Crippen LogP contribution in [0.25, 0.3) is 0 Å². The summed E-state index contributed by atoms with van der Waals surface area (Å²) in [7, 11) is 1.70. The van der Waals surface area contributed by atoms with Crippen LogP contribution in [0.1, 0.15) is 36.8 Å². The number of rotatable bonds is 5. The van der Waals surface area contributed by atoms with Crippen LogP contribution in [-0.2, 0) is 28.1 Å². The molecule has 1 spiro atoms. The second-order valence-electron chi connectivity index (χ2n) is 8.92. The maximum Gasteiger partial charge on any atom is 0.226 e. The van der Waals surface area contributed by atoms with E-state index in [1.165, 1.54) is 5.56 Å². The van der Waals surface area contributed by atoms with Crippen LogP contribution < -0.4 is 5.32 Å². The van der Waals surface area contributed by atoms with Gasteiger partial charge in [-0.1, -0.05) is 6.07 Å². The molecule has 7 heteroatoms. The van der Waals surface area contributed by atoms with Crippen LogP contribution in [0.4, 0.5) is 4.39 Å². The number of aromatic nitrogens is 2. The van der Waals surface area contributed by atoms with Crippen LogP contribution in [0.5, 0.6) is 0 Å². The van der Waals surface area contributed by atoms with Gasteiger partial charge in [0.15, 0.2) is 0 Å². The molecule has 1 N–H and O–H groups in total. The van der Waals surface area contributed by atoms with Crippen LogP contribution in [0.2, 0.25) is 0 Å². The molecule has 3 aliphatic rings. The van der Waals surface area contributed by atoms with E-state index in [9.17, 15) is 9.18 Å². The second-order valence-corrected chi connectivity index (χ2v) is 8.92. The van der Waals surface area contributed by atoms with Gasteiger partial charge in [-0.15, -0.1) is 0 Å².